The Bertz CT molecular complexity index is 160. The Kier molecular flexibility index (Phi) is 4.59. The van der Waals surface area contributed by atoms with E-state index in [2.05, 4.69) is 9.47 Å². The number of methoxy groups -OCH3 is 1. The van der Waals surface area contributed by atoms with Crippen LogP contribution in [0, 0.1) is 0 Å². The van der Waals surface area contributed by atoms with Gasteiger partial charge in [0.25, 0.3) is 0 Å². The van der Waals surface area contributed by atoms with E-state index in [1.165, 1.54) is 7.11 Å². The fourth-order valence-corrected chi connectivity index (χ4v) is 0.816. The zero-order valence-corrected chi connectivity index (χ0v) is 6.98. The highest BCUT2D eigenvalue weighted by Crippen LogP contribution is 1.89. The summed E-state index contributed by atoms with van der Waals surface area (Å²) in [6, 6.07) is 0. The van der Waals surface area contributed by atoms with Gasteiger partial charge >= 0.3 is 0 Å². The van der Waals surface area contributed by atoms with Gasteiger partial charge in [-0.1, -0.05) is 6.92 Å². The van der Waals surface area contributed by atoms with Gasteiger partial charge in [0.2, 0.25) is 0 Å². The Hall–Kier alpha value is -0.130. The first-order valence-corrected chi connectivity index (χ1v) is 4.71. The predicted octanol–water partition coefficient (Wildman–Crippen LogP) is -0.000900. The van der Waals surface area contributed by atoms with Crippen LogP contribution >= 0.6 is 0 Å². The molecule has 0 fully saturated rings. The predicted molar refractivity (Wildman–Crippen MR) is 37.3 cm³/mol. The van der Waals surface area contributed by atoms with Crippen molar-refractivity contribution in [1.29, 1.82) is 0 Å². The smallest absolute Gasteiger partial charge is 0.174 e. The van der Waals surface area contributed by atoms with E-state index in [-0.39, 0.29) is 18.5 Å². The zero-order valence-electron chi connectivity index (χ0n) is 6.16. The minimum atomic E-state index is -2.99. The SMILES string of the molecule is CCS(=O)(=O)COCOC. The molecular weight excluding hydrogens is 156 g/mol. The van der Waals surface area contributed by atoms with Crippen molar-refractivity contribution in [3.05, 3.63) is 0 Å². The van der Waals surface area contributed by atoms with Crippen LogP contribution in [-0.2, 0) is 19.3 Å². The summed E-state index contributed by atoms with van der Waals surface area (Å²) in [6.45, 7) is 1.60. The van der Waals surface area contributed by atoms with Gasteiger partial charge < -0.3 is 9.47 Å². The summed E-state index contributed by atoms with van der Waals surface area (Å²) in [5.41, 5.74) is 0. The Morgan fingerprint density at radius 3 is 2.40 bits per heavy atom. The summed E-state index contributed by atoms with van der Waals surface area (Å²) < 4.78 is 30.5. The minimum Gasteiger partial charge on any atom is -0.359 e. The average Bonchev–Trinajstić information content (AvgIpc) is 1.89. The highest BCUT2D eigenvalue weighted by atomic mass is 32.2. The van der Waals surface area contributed by atoms with Gasteiger partial charge in [-0.2, -0.15) is 0 Å². The molecule has 0 spiro atoms. The maximum Gasteiger partial charge on any atom is 0.174 e. The van der Waals surface area contributed by atoms with Crippen molar-refractivity contribution in [2.45, 2.75) is 6.92 Å². The van der Waals surface area contributed by atoms with Crippen LogP contribution in [-0.4, -0.2) is 34.0 Å². The lowest BCUT2D eigenvalue weighted by molar-refractivity contribution is -0.0117. The molecule has 62 valence electrons. The normalized spacial score (nSPS) is 11.8. The Morgan fingerprint density at radius 1 is 1.40 bits per heavy atom. The van der Waals surface area contributed by atoms with E-state index in [1.54, 1.807) is 6.92 Å². The topological polar surface area (TPSA) is 52.6 Å². The molecule has 0 unspecified atom stereocenters. The average molecular weight is 168 g/mol. The molecule has 0 aliphatic rings. The Labute approximate surface area is 61.1 Å². The molecule has 0 aromatic carbocycles. The van der Waals surface area contributed by atoms with Crippen molar-refractivity contribution < 1.29 is 17.9 Å². The maximum atomic E-state index is 10.7. The summed E-state index contributed by atoms with van der Waals surface area (Å²) >= 11 is 0. The molecule has 0 N–H and O–H groups in total. The van der Waals surface area contributed by atoms with Crippen LogP contribution in [0.3, 0.4) is 0 Å². The van der Waals surface area contributed by atoms with E-state index in [1.807, 2.05) is 0 Å². The Balaban J connectivity index is 3.49. The van der Waals surface area contributed by atoms with E-state index in [4.69, 9.17) is 0 Å². The number of ether oxygens (including phenoxy) is 2. The molecule has 0 atom stereocenters. The molecule has 4 nitrogen and oxygen atoms in total. The van der Waals surface area contributed by atoms with Crippen molar-refractivity contribution in [3.8, 4) is 0 Å². The van der Waals surface area contributed by atoms with E-state index in [0.29, 0.717) is 0 Å². The number of sulfone groups is 1. The molecule has 0 rings (SSSR count). The molecule has 10 heavy (non-hydrogen) atoms. The van der Waals surface area contributed by atoms with Crippen molar-refractivity contribution in [2.75, 3.05) is 25.6 Å². The Morgan fingerprint density at radius 2 is 2.00 bits per heavy atom. The second-order valence-corrected chi connectivity index (χ2v) is 4.06. The molecule has 0 amide bonds. The minimum absolute atomic E-state index is 0.0270. The van der Waals surface area contributed by atoms with Gasteiger partial charge in [0.05, 0.1) is 0 Å². The molecule has 0 heterocycles. The summed E-state index contributed by atoms with van der Waals surface area (Å²) in [6.07, 6.45) is 0. The maximum absolute atomic E-state index is 10.7. The molecule has 0 aromatic heterocycles. The van der Waals surface area contributed by atoms with Gasteiger partial charge in [-0.25, -0.2) is 8.42 Å². The van der Waals surface area contributed by atoms with Gasteiger partial charge in [-0.05, 0) is 0 Å². The van der Waals surface area contributed by atoms with Crippen LogP contribution in [0.5, 0.6) is 0 Å². The van der Waals surface area contributed by atoms with Crippen molar-refractivity contribution in [2.24, 2.45) is 0 Å². The van der Waals surface area contributed by atoms with Gasteiger partial charge in [0.1, 0.15) is 6.79 Å². The molecule has 0 aliphatic carbocycles. The highest BCUT2D eigenvalue weighted by Gasteiger charge is 2.05. The largest absolute Gasteiger partial charge is 0.359 e. The monoisotopic (exact) mass is 168 g/mol. The second-order valence-electron chi connectivity index (χ2n) is 1.76. The van der Waals surface area contributed by atoms with E-state index < -0.39 is 9.84 Å². The van der Waals surface area contributed by atoms with Gasteiger partial charge in [0.15, 0.2) is 15.8 Å². The second kappa shape index (κ2) is 4.65. The fourth-order valence-electron chi connectivity index (χ4n) is 0.328. The van der Waals surface area contributed by atoms with Gasteiger partial charge in [-0.3, -0.25) is 0 Å². The number of hydrogen-bond acceptors (Lipinski definition) is 4. The molecule has 0 aromatic rings. The van der Waals surface area contributed by atoms with Crippen LogP contribution in [0.15, 0.2) is 0 Å². The molecule has 0 aliphatic heterocycles. The molecule has 0 saturated carbocycles. The molecule has 0 bridgehead atoms. The van der Waals surface area contributed by atoms with E-state index >= 15 is 0 Å². The van der Waals surface area contributed by atoms with E-state index in [0.717, 1.165) is 0 Å². The van der Waals surface area contributed by atoms with Crippen LogP contribution in [0.25, 0.3) is 0 Å². The van der Waals surface area contributed by atoms with Crippen LogP contribution in [0.1, 0.15) is 6.92 Å². The standard InChI is InChI=1S/C5H12O4S/c1-3-10(6,7)5-9-4-8-2/h3-5H2,1-2H3. The summed E-state index contributed by atoms with van der Waals surface area (Å²) in [4.78, 5) is 0. The van der Waals surface area contributed by atoms with Gasteiger partial charge in [-0.15, -0.1) is 0 Å². The van der Waals surface area contributed by atoms with Crippen molar-refractivity contribution in [3.63, 3.8) is 0 Å². The van der Waals surface area contributed by atoms with Crippen LogP contribution in [0.4, 0.5) is 0 Å². The first-order valence-electron chi connectivity index (χ1n) is 2.89. The number of rotatable bonds is 5. The highest BCUT2D eigenvalue weighted by molar-refractivity contribution is 7.91. The zero-order chi connectivity index (χ0) is 8.04. The summed E-state index contributed by atoms with van der Waals surface area (Å²) in [5, 5.41) is 0. The third kappa shape index (κ3) is 4.72. The summed E-state index contributed by atoms with van der Waals surface area (Å²) in [5.74, 6) is -0.145. The summed E-state index contributed by atoms with van der Waals surface area (Å²) in [7, 11) is -1.55. The number of hydrogen-bond donors (Lipinski definition) is 0. The molecular formula is C5H12O4S. The molecule has 0 saturated heterocycles. The lowest BCUT2D eigenvalue weighted by Crippen LogP contribution is -2.12. The third-order valence-electron chi connectivity index (χ3n) is 0.904. The van der Waals surface area contributed by atoms with E-state index in [9.17, 15) is 8.42 Å². The fraction of sp³-hybridized carbons (Fsp3) is 1.00. The van der Waals surface area contributed by atoms with Gasteiger partial charge in [0, 0.05) is 12.9 Å². The quantitative estimate of drug-likeness (QED) is 0.428. The lowest BCUT2D eigenvalue weighted by atomic mass is 11.0. The first kappa shape index (κ1) is 9.87. The first-order chi connectivity index (χ1) is 4.62. The molecule has 0 radical (unpaired) electrons. The lowest BCUT2D eigenvalue weighted by Gasteiger charge is -2.00. The van der Waals surface area contributed by atoms with Crippen molar-refractivity contribution >= 4 is 9.84 Å². The third-order valence-corrected chi connectivity index (χ3v) is 2.31. The van der Waals surface area contributed by atoms with Crippen LogP contribution in [0.2, 0.25) is 0 Å². The van der Waals surface area contributed by atoms with Crippen LogP contribution < -0.4 is 0 Å². The van der Waals surface area contributed by atoms with Crippen molar-refractivity contribution in [1.82, 2.24) is 0 Å². The molecule has 5 heteroatoms.